The number of aliphatic carboxylic acids is 1. The lowest BCUT2D eigenvalue weighted by molar-refractivity contribution is -0.138. The molecule has 1 aliphatic heterocycles. The lowest BCUT2D eigenvalue weighted by Crippen LogP contribution is -2.42. The average molecular weight is 438 g/mol. The molecule has 0 saturated carbocycles. The van der Waals surface area contributed by atoms with Crippen LogP contribution in [0.5, 0.6) is 0 Å². The molecule has 1 aliphatic rings. The van der Waals surface area contributed by atoms with Crippen LogP contribution in [0.3, 0.4) is 0 Å². The lowest BCUT2D eigenvalue weighted by atomic mass is 9.87. The lowest BCUT2D eigenvalue weighted by Gasteiger charge is -2.25. The van der Waals surface area contributed by atoms with Crippen molar-refractivity contribution in [3.05, 3.63) is 58.1 Å². The van der Waals surface area contributed by atoms with E-state index in [0.717, 1.165) is 14.3 Å². The minimum atomic E-state index is -3.98. The van der Waals surface area contributed by atoms with E-state index in [0.29, 0.717) is 11.3 Å². The molecular formula is C19H20BrNO4S. The predicted octanol–water partition coefficient (Wildman–Crippen LogP) is 3.95. The number of hydrogen-bond donors (Lipinski definition) is 1. The summed E-state index contributed by atoms with van der Waals surface area (Å²) in [5.41, 5.74) is 2.03. The second-order valence-electron chi connectivity index (χ2n) is 7.41. The molecule has 0 aromatic heterocycles. The van der Waals surface area contributed by atoms with E-state index >= 15 is 0 Å². The summed E-state index contributed by atoms with van der Waals surface area (Å²) >= 11 is 3.35. The molecule has 0 aliphatic carbocycles. The highest BCUT2D eigenvalue weighted by Crippen LogP contribution is 2.38. The highest BCUT2D eigenvalue weighted by molar-refractivity contribution is 9.10. The maximum atomic E-state index is 13.2. The first kappa shape index (κ1) is 18.9. The Balaban J connectivity index is 2.09. The van der Waals surface area contributed by atoms with E-state index in [1.807, 2.05) is 20.8 Å². The Bertz CT molecular complexity index is 962. The van der Waals surface area contributed by atoms with E-state index in [1.165, 1.54) is 0 Å². The van der Waals surface area contributed by atoms with E-state index in [-0.39, 0.29) is 16.7 Å². The van der Waals surface area contributed by atoms with Crippen LogP contribution in [-0.4, -0.2) is 25.5 Å². The zero-order valence-corrected chi connectivity index (χ0v) is 17.1. The van der Waals surface area contributed by atoms with Crippen LogP contribution in [0.1, 0.15) is 31.9 Å². The average Bonchev–Trinajstić information content (AvgIpc) is 2.93. The second-order valence-corrected chi connectivity index (χ2v) is 10.1. The molecule has 2 aromatic carbocycles. The van der Waals surface area contributed by atoms with E-state index in [4.69, 9.17) is 0 Å². The van der Waals surface area contributed by atoms with Gasteiger partial charge >= 0.3 is 5.97 Å². The van der Waals surface area contributed by atoms with Crippen LogP contribution in [0.15, 0.2) is 51.8 Å². The molecule has 7 heteroatoms. The molecule has 1 unspecified atom stereocenters. The number of sulfonamides is 1. The first-order chi connectivity index (χ1) is 12.0. The summed E-state index contributed by atoms with van der Waals surface area (Å²) in [5, 5.41) is 9.57. The number of rotatable bonds is 3. The maximum Gasteiger partial charge on any atom is 0.327 e. The number of hydrogen-bond acceptors (Lipinski definition) is 3. The Morgan fingerprint density at radius 2 is 1.77 bits per heavy atom. The second kappa shape index (κ2) is 6.39. The molecule has 3 rings (SSSR count). The monoisotopic (exact) mass is 437 g/mol. The molecule has 1 heterocycles. The molecule has 0 spiro atoms. The van der Waals surface area contributed by atoms with Gasteiger partial charge in [-0.2, -0.15) is 0 Å². The molecule has 0 fully saturated rings. The van der Waals surface area contributed by atoms with Crippen LogP contribution >= 0.6 is 15.9 Å². The number of benzene rings is 2. The maximum absolute atomic E-state index is 13.2. The van der Waals surface area contributed by atoms with Crippen molar-refractivity contribution in [2.75, 3.05) is 4.31 Å². The third kappa shape index (κ3) is 3.25. The highest BCUT2D eigenvalue weighted by Gasteiger charge is 2.42. The Hall–Kier alpha value is -1.86. The van der Waals surface area contributed by atoms with Crippen molar-refractivity contribution < 1.29 is 18.3 Å². The molecule has 5 nitrogen and oxygen atoms in total. The van der Waals surface area contributed by atoms with E-state index in [1.54, 1.807) is 42.5 Å². The summed E-state index contributed by atoms with van der Waals surface area (Å²) in [7, 11) is -3.98. The van der Waals surface area contributed by atoms with Crippen LogP contribution in [0, 0.1) is 0 Å². The Labute approximate surface area is 161 Å². The van der Waals surface area contributed by atoms with Gasteiger partial charge in [-0.25, -0.2) is 13.2 Å². The van der Waals surface area contributed by atoms with Gasteiger partial charge in [-0.1, -0.05) is 48.8 Å². The van der Waals surface area contributed by atoms with Crippen molar-refractivity contribution in [1.82, 2.24) is 0 Å². The first-order valence-corrected chi connectivity index (χ1v) is 10.4. The fourth-order valence-electron chi connectivity index (χ4n) is 3.12. The van der Waals surface area contributed by atoms with Crippen LogP contribution in [0.25, 0.3) is 0 Å². The summed E-state index contributed by atoms with van der Waals surface area (Å²) in [6.07, 6.45) is 0.142. The van der Waals surface area contributed by atoms with Gasteiger partial charge in [-0.15, -0.1) is 0 Å². The number of nitrogens with zero attached hydrogens (tertiary/aromatic N) is 1. The molecule has 2 aromatic rings. The zero-order chi connectivity index (χ0) is 19.3. The van der Waals surface area contributed by atoms with Gasteiger partial charge in [0, 0.05) is 10.9 Å². The minimum absolute atomic E-state index is 0.0903. The predicted molar refractivity (Wildman–Crippen MR) is 104 cm³/mol. The minimum Gasteiger partial charge on any atom is -0.480 e. The summed E-state index contributed by atoms with van der Waals surface area (Å²) in [5.74, 6) is -1.16. The Morgan fingerprint density at radius 1 is 1.15 bits per heavy atom. The fraction of sp³-hybridized carbons (Fsp3) is 0.316. The van der Waals surface area contributed by atoms with Crippen LogP contribution in [0.4, 0.5) is 5.69 Å². The van der Waals surface area contributed by atoms with Crippen LogP contribution < -0.4 is 4.31 Å². The summed E-state index contributed by atoms with van der Waals surface area (Å²) < 4.78 is 28.2. The van der Waals surface area contributed by atoms with Crippen LogP contribution in [-0.2, 0) is 26.7 Å². The molecule has 0 bridgehead atoms. The van der Waals surface area contributed by atoms with E-state index < -0.39 is 22.0 Å². The van der Waals surface area contributed by atoms with Gasteiger partial charge in [-0.05, 0) is 46.9 Å². The van der Waals surface area contributed by atoms with Gasteiger partial charge in [0.25, 0.3) is 10.0 Å². The Morgan fingerprint density at radius 3 is 2.31 bits per heavy atom. The first-order valence-electron chi connectivity index (χ1n) is 8.18. The largest absolute Gasteiger partial charge is 0.480 e. The normalized spacial score (nSPS) is 17.2. The highest BCUT2D eigenvalue weighted by atomic mass is 79.9. The zero-order valence-electron chi connectivity index (χ0n) is 14.7. The molecular weight excluding hydrogens is 418 g/mol. The molecule has 26 heavy (non-hydrogen) atoms. The number of carbonyl (C=O) groups is 1. The van der Waals surface area contributed by atoms with Crippen molar-refractivity contribution in [1.29, 1.82) is 0 Å². The van der Waals surface area contributed by atoms with Gasteiger partial charge in [0.2, 0.25) is 0 Å². The molecule has 1 N–H and O–H groups in total. The summed E-state index contributed by atoms with van der Waals surface area (Å²) in [4.78, 5) is 11.8. The number of fused-ring (bicyclic) bond motifs is 1. The SMILES string of the molecule is CC(C)(C)c1ccc(S(=O)(=O)N2c3ccc(Br)cc3CC2C(=O)O)cc1. The van der Waals surface area contributed by atoms with Gasteiger partial charge in [0.15, 0.2) is 0 Å². The topological polar surface area (TPSA) is 74.7 Å². The third-order valence-corrected chi connectivity index (χ3v) is 6.87. The number of carboxylic acid groups (broad SMARTS) is 1. The molecule has 1 atom stereocenters. The smallest absolute Gasteiger partial charge is 0.327 e. The summed E-state index contributed by atoms with van der Waals surface area (Å²) in [6, 6.07) is 10.6. The van der Waals surface area contributed by atoms with Gasteiger partial charge in [0.05, 0.1) is 10.6 Å². The van der Waals surface area contributed by atoms with E-state index in [2.05, 4.69) is 15.9 Å². The third-order valence-electron chi connectivity index (χ3n) is 4.54. The quantitative estimate of drug-likeness (QED) is 0.788. The van der Waals surface area contributed by atoms with Crippen molar-refractivity contribution in [3.8, 4) is 0 Å². The van der Waals surface area contributed by atoms with Crippen molar-refractivity contribution in [2.45, 2.75) is 43.5 Å². The summed E-state index contributed by atoms with van der Waals surface area (Å²) in [6.45, 7) is 6.14. The van der Waals surface area contributed by atoms with Crippen LogP contribution in [0.2, 0.25) is 0 Å². The fourth-order valence-corrected chi connectivity index (χ4v) is 5.17. The molecule has 0 amide bonds. The van der Waals surface area contributed by atoms with Crippen molar-refractivity contribution in [2.24, 2.45) is 0 Å². The molecule has 0 radical (unpaired) electrons. The van der Waals surface area contributed by atoms with Gasteiger partial charge < -0.3 is 5.11 Å². The van der Waals surface area contributed by atoms with E-state index in [9.17, 15) is 18.3 Å². The number of carboxylic acids is 1. The van der Waals surface area contributed by atoms with Gasteiger partial charge in [-0.3, -0.25) is 4.31 Å². The Kier molecular flexibility index (Phi) is 4.65. The van der Waals surface area contributed by atoms with Crippen molar-refractivity contribution >= 4 is 37.6 Å². The van der Waals surface area contributed by atoms with Crippen molar-refractivity contribution in [3.63, 3.8) is 0 Å². The molecule has 138 valence electrons. The number of anilines is 1. The standard InChI is InChI=1S/C19H20BrNO4S/c1-19(2,3)13-4-7-15(8-5-13)26(24,25)21-16-9-6-14(20)10-12(16)11-17(21)18(22)23/h4-10,17H,11H2,1-3H3,(H,22,23). The molecule has 0 saturated heterocycles. The van der Waals surface area contributed by atoms with Gasteiger partial charge in [0.1, 0.15) is 6.04 Å². The number of halogens is 1.